The first kappa shape index (κ1) is 26.4. The lowest BCUT2D eigenvalue weighted by molar-refractivity contribution is 0.112. The molecule has 0 aromatic rings. The minimum atomic E-state index is -4.68. The van der Waals surface area contributed by atoms with Gasteiger partial charge in [0.15, 0.2) is 0 Å². The van der Waals surface area contributed by atoms with Crippen molar-refractivity contribution in [3.8, 4) is 0 Å². The highest BCUT2D eigenvalue weighted by atomic mass is 32.3. The molecule has 0 heterocycles. The van der Waals surface area contributed by atoms with E-state index in [2.05, 4.69) is 65.5 Å². The van der Waals surface area contributed by atoms with Crippen molar-refractivity contribution in [2.75, 3.05) is 0 Å². The van der Waals surface area contributed by atoms with E-state index in [0.717, 1.165) is 17.6 Å². The fourth-order valence-corrected chi connectivity index (χ4v) is 6.98. The highest BCUT2D eigenvalue weighted by Crippen LogP contribution is 2.59. The SMILES string of the molecule is C=C1CCC(OS(=O)(=O)[O-])CC1=CC=C1CCCC2(C)C1CCC2C(C)C=CC(C)C(C)C. The van der Waals surface area contributed by atoms with Crippen LogP contribution in [-0.4, -0.2) is 19.1 Å². The Morgan fingerprint density at radius 3 is 2.48 bits per heavy atom. The Balaban J connectivity index is 1.75. The molecule has 0 spiro atoms. The molecule has 6 unspecified atom stereocenters. The lowest BCUT2D eigenvalue weighted by Gasteiger charge is -2.44. The van der Waals surface area contributed by atoms with Crippen LogP contribution in [0.1, 0.15) is 86.0 Å². The molecule has 0 radical (unpaired) electrons. The Hall–Kier alpha value is -1.17. The van der Waals surface area contributed by atoms with Crippen molar-refractivity contribution in [1.29, 1.82) is 0 Å². The molecule has 4 nitrogen and oxygen atoms in total. The summed E-state index contributed by atoms with van der Waals surface area (Å²) in [4.78, 5) is 0. The minimum absolute atomic E-state index is 0.333. The van der Waals surface area contributed by atoms with Crippen molar-refractivity contribution in [1.82, 2.24) is 0 Å². The van der Waals surface area contributed by atoms with E-state index in [4.69, 9.17) is 4.18 Å². The van der Waals surface area contributed by atoms with Gasteiger partial charge in [-0.15, -0.1) is 0 Å². The van der Waals surface area contributed by atoms with Gasteiger partial charge in [-0.1, -0.05) is 76.6 Å². The van der Waals surface area contributed by atoms with Crippen LogP contribution in [0.5, 0.6) is 0 Å². The van der Waals surface area contributed by atoms with Gasteiger partial charge in [-0.25, -0.2) is 8.42 Å². The van der Waals surface area contributed by atoms with Gasteiger partial charge in [0.2, 0.25) is 10.4 Å². The lowest BCUT2D eigenvalue weighted by Crippen LogP contribution is -2.35. The van der Waals surface area contributed by atoms with Crippen molar-refractivity contribution in [2.45, 2.75) is 92.1 Å². The first-order valence-electron chi connectivity index (χ1n) is 12.8. The van der Waals surface area contributed by atoms with Gasteiger partial charge < -0.3 is 4.55 Å². The van der Waals surface area contributed by atoms with Gasteiger partial charge in [-0.3, -0.25) is 4.18 Å². The molecule has 0 aromatic carbocycles. The zero-order chi connectivity index (χ0) is 24.4. The quantitative estimate of drug-likeness (QED) is 0.223. The maximum atomic E-state index is 11.0. The molecular weight excluding hydrogens is 432 g/mol. The highest BCUT2D eigenvalue weighted by molar-refractivity contribution is 7.80. The largest absolute Gasteiger partial charge is 0.726 e. The minimum Gasteiger partial charge on any atom is -0.726 e. The van der Waals surface area contributed by atoms with Crippen LogP contribution in [0.4, 0.5) is 0 Å². The van der Waals surface area contributed by atoms with Crippen LogP contribution in [0.2, 0.25) is 0 Å². The third-order valence-corrected chi connectivity index (χ3v) is 9.37. The van der Waals surface area contributed by atoms with Gasteiger partial charge in [0, 0.05) is 6.42 Å². The van der Waals surface area contributed by atoms with E-state index in [0.29, 0.717) is 54.3 Å². The number of hydrogen-bond donors (Lipinski definition) is 0. The average molecular weight is 476 g/mol. The van der Waals surface area contributed by atoms with E-state index in [1.54, 1.807) is 0 Å². The first-order valence-corrected chi connectivity index (χ1v) is 14.1. The highest BCUT2D eigenvalue weighted by Gasteiger charge is 2.50. The maximum Gasteiger partial charge on any atom is 0.217 e. The molecule has 0 amide bonds. The third kappa shape index (κ3) is 6.49. The van der Waals surface area contributed by atoms with Gasteiger partial charge in [-0.2, -0.15) is 0 Å². The normalized spacial score (nSPS) is 35.5. The molecule has 3 fully saturated rings. The summed E-state index contributed by atoms with van der Waals surface area (Å²) in [5.74, 6) is 3.19. The van der Waals surface area contributed by atoms with Gasteiger partial charge >= 0.3 is 0 Å². The Morgan fingerprint density at radius 1 is 1.09 bits per heavy atom. The van der Waals surface area contributed by atoms with E-state index in [9.17, 15) is 13.0 Å². The topological polar surface area (TPSA) is 66.4 Å². The van der Waals surface area contributed by atoms with Crippen LogP contribution in [0.3, 0.4) is 0 Å². The summed E-state index contributed by atoms with van der Waals surface area (Å²) in [5, 5.41) is 0. The van der Waals surface area contributed by atoms with Crippen LogP contribution in [0, 0.1) is 35.0 Å². The van der Waals surface area contributed by atoms with Crippen LogP contribution in [0.15, 0.2) is 47.6 Å². The van der Waals surface area contributed by atoms with E-state index >= 15 is 0 Å². The van der Waals surface area contributed by atoms with Gasteiger partial charge in [0.1, 0.15) is 0 Å². The Bertz CT molecular complexity index is 910. The van der Waals surface area contributed by atoms with Crippen LogP contribution < -0.4 is 0 Å². The van der Waals surface area contributed by atoms with E-state index in [1.165, 1.54) is 31.3 Å². The first-order chi connectivity index (χ1) is 15.4. The summed E-state index contributed by atoms with van der Waals surface area (Å²) in [7, 11) is -4.68. The second-order valence-electron chi connectivity index (χ2n) is 11.3. The molecule has 3 rings (SSSR count). The molecule has 0 aromatic heterocycles. The van der Waals surface area contributed by atoms with E-state index in [-0.39, 0.29) is 0 Å². The molecule has 3 saturated carbocycles. The molecule has 3 aliphatic rings. The standard InChI is InChI=1S/C28H44O4S/c1-19(2)20(3)9-10-22(5)26-15-16-27-23(8-7-17-28(26,27)6)12-13-24-18-25(14-11-21(24)4)32-33(29,30)31/h9-10,12-13,19-20,22,25-27H,4,7-8,11,14-18H2,1-3,5-6H3,(H,29,30,31)/p-1. The summed E-state index contributed by atoms with van der Waals surface area (Å²) in [5.41, 5.74) is 3.90. The van der Waals surface area contributed by atoms with Crippen molar-refractivity contribution in [3.05, 3.63) is 47.6 Å². The van der Waals surface area contributed by atoms with Crippen molar-refractivity contribution < 1.29 is 17.2 Å². The van der Waals surface area contributed by atoms with Crippen molar-refractivity contribution >= 4 is 10.4 Å². The molecule has 0 aliphatic heterocycles. The molecule has 33 heavy (non-hydrogen) atoms. The maximum absolute atomic E-state index is 11.0. The van der Waals surface area contributed by atoms with Crippen molar-refractivity contribution in [3.63, 3.8) is 0 Å². The average Bonchev–Trinajstić information content (AvgIpc) is 3.08. The molecular formula is C28H43O4S-. The molecule has 6 atom stereocenters. The predicted molar refractivity (Wildman–Crippen MR) is 134 cm³/mol. The van der Waals surface area contributed by atoms with Crippen LogP contribution >= 0.6 is 0 Å². The molecule has 0 saturated heterocycles. The number of rotatable bonds is 7. The Kier molecular flexibility index (Phi) is 8.51. The van der Waals surface area contributed by atoms with E-state index < -0.39 is 16.5 Å². The Morgan fingerprint density at radius 2 is 1.82 bits per heavy atom. The molecule has 0 bridgehead atoms. The van der Waals surface area contributed by atoms with Gasteiger partial charge in [0.05, 0.1) is 6.10 Å². The summed E-state index contributed by atoms with van der Waals surface area (Å²) in [6.07, 6.45) is 16.5. The molecule has 186 valence electrons. The smallest absolute Gasteiger partial charge is 0.217 e. The van der Waals surface area contributed by atoms with Gasteiger partial charge in [0.25, 0.3) is 0 Å². The molecule has 3 aliphatic carbocycles. The fraction of sp³-hybridized carbons (Fsp3) is 0.714. The zero-order valence-corrected chi connectivity index (χ0v) is 22.0. The fourth-order valence-electron chi connectivity index (χ4n) is 6.48. The van der Waals surface area contributed by atoms with Gasteiger partial charge in [-0.05, 0) is 85.5 Å². The zero-order valence-electron chi connectivity index (χ0n) is 21.2. The van der Waals surface area contributed by atoms with Crippen molar-refractivity contribution in [2.24, 2.45) is 35.0 Å². The van der Waals surface area contributed by atoms with E-state index in [1.807, 2.05) is 0 Å². The monoisotopic (exact) mass is 475 g/mol. The molecule has 5 heteroatoms. The summed E-state index contributed by atoms with van der Waals surface area (Å²) < 4.78 is 37.8. The van der Waals surface area contributed by atoms with Crippen LogP contribution in [0.25, 0.3) is 0 Å². The number of hydrogen-bond acceptors (Lipinski definition) is 4. The summed E-state index contributed by atoms with van der Waals surface area (Å²) >= 11 is 0. The van der Waals surface area contributed by atoms with Crippen LogP contribution in [-0.2, 0) is 14.6 Å². The Labute approximate surface area is 202 Å². The summed E-state index contributed by atoms with van der Waals surface area (Å²) in [6.45, 7) is 16.0. The lowest BCUT2D eigenvalue weighted by atomic mass is 9.61. The number of allylic oxidation sites excluding steroid dienone is 6. The summed E-state index contributed by atoms with van der Waals surface area (Å²) in [6, 6.07) is 0. The number of fused-ring (bicyclic) bond motifs is 1. The second-order valence-corrected chi connectivity index (χ2v) is 12.4. The molecule has 0 N–H and O–H groups in total. The second kappa shape index (κ2) is 10.6. The third-order valence-electron chi connectivity index (χ3n) is 8.86. The predicted octanol–water partition coefficient (Wildman–Crippen LogP) is 7.13.